The molecule has 1 amide bonds. The Morgan fingerprint density at radius 1 is 1.29 bits per heavy atom. The summed E-state index contributed by atoms with van der Waals surface area (Å²) in [5.41, 5.74) is 0.919. The second-order valence-corrected chi connectivity index (χ2v) is 6.45. The number of hydrogen-bond acceptors (Lipinski definition) is 5. The van der Waals surface area contributed by atoms with Gasteiger partial charge in [0.2, 0.25) is 5.91 Å². The molecule has 2 fully saturated rings. The van der Waals surface area contributed by atoms with Crippen LogP contribution in [0.1, 0.15) is 39.0 Å². The van der Waals surface area contributed by atoms with Crippen molar-refractivity contribution in [3.05, 3.63) is 16.6 Å². The maximum atomic E-state index is 12.7. The fourth-order valence-electron chi connectivity index (χ4n) is 3.49. The van der Waals surface area contributed by atoms with Crippen LogP contribution >= 0.6 is 0 Å². The number of carbonyl (C=O) groups is 1. The van der Waals surface area contributed by atoms with Crippen LogP contribution in [0, 0.1) is 5.92 Å². The van der Waals surface area contributed by atoms with Gasteiger partial charge in [-0.2, -0.15) is 5.10 Å². The van der Waals surface area contributed by atoms with Crippen molar-refractivity contribution in [1.82, 2.24) is 9.78 Å². The molecule has 3 rings (SSSR count). The van der Waals surface area contributed by atoms with E-state index in [2.05, 4.69) is 10.4 Å². The molecule has 24 heavy (non-hydrogen) atoms. The van der Waals surface area contributed by atoms with E-state index in [0.29, 0.717) is 44.2 Å². The lowest BCUT2D eigenvalue weighted by Gasteiger charge is -2.30. The largest absolute Gasteiger partial charge is 0.378 e. The van der Waals surface area contributed by atoms with E-state index in [4.69, 9.17) is 4.74 Å². The Labute approximate surface area is 142 Å². The third kappa shape index (κ3) is 3.61. The summed E-state index contributed by atoms with van der Waals surface area (Å²) in [5.74, 6) is 0.0598. The summed E-state index contributed by atoms with van der Waals surface area (Å²) in [7, 11) is 0. The van der Waals surface area contributed by atoms with E-state index in [0.717, 1.165) is 25.7 Å². The predicted octanol–water partition coefficient (Wildman–Crippen LogP) is 1.62. The van der Waals surface area contributed by atoms with Crippen LogP contribution in [0.3, 0.4) is 0 Å². The molecule has 1 saturated carbocycles. The van der Waals surface area contributed by atoms with Crippen LogP contribution < -0.4 is 15.8 Å². The Hall–Kier alpha value is -1.89. The maximum absolute atomic E-state index is 12.7. The van der Waals surface area contributed by atoms with Gasteiger partial charge in [-0.05, 0) is 19.8 Å². The van der Waals surface area contributed by atoms with Crippen LogP contribution in [-0.4, -0.2) is 42.0 Å². The van der Waals surface area contributed by atoms with Gasteiger partial charge in [-0.15, -0.1) is 0 Å². The van der Waals surface area contributed by atoms with Crippen LogP contribution in [0.2, 0.25) is 0 Å². The standard InChI is InChI=1S/C17H26N4O3/c1-2-21-17(23)15(20-8-10-24-11-9-20)14(12-18-21)19-16(22)13-6-4-3-5-7-13/h12-13H,2-11H2,1H3,(H,19,22). The second kappa shape index (κ2) is 7.79. The van der Waals surface area contributed by atoms with Gasteiger partial charge in [-0.3, -0.25) is 9.59 Å². The summed E-state index contributed by atoms with van der Waals surface area (Å²) >= 11 is 0. The third-order valence-electron chi connectivity index (χ3n) is 4.88. The molecule has 0 radical (unpaired) electrons. The molecule has 2 heterocycles. The van der Waals surface area contributed by atoms with E-state index < -0.39 is 0 Å². The van der Waals surface area contributed by atoms with Crippen molar-refractivity contribution in [3.63, 3.8) is 0 Å². The zero-order valence-corrected chi connectivity index (χ0v) is 14.3. The molecule has 132 valence electrons. The van der Waals surface area contributed by atoms with E-state index in [-0.39, 0.29) is 17.4 Å². The molecule has 1 aromatic rings. The van der Waals surface area contributed by atoms with Crippen molar-refractivity contribution in [3.8, 4) is 0 Å². The summed E-state index contributed by atoms with van der Waals surface area (Å²) in [6, 6.07) is 0. The van der Waals surface area contributed by atoms with Gasteiger partial charge in [0.25, 0.3) is 5.56 Å². The van der Waals surface area contributed by atoms with E-state index in [9.17, 15) is 9.59 Å². The number of carbonyl (C=O) groups excluding carboxylic acids is 1. The van der Waals surface area contributed by atoms with Crippen molar-refractivity contribution >= 4 is 17.3 Å². The van der Waals surface area contributed by atoms with Crippen molar-refractivity contribution in [1.29, 1.82) is 0 Å². The number of ether oxygens (including phenoxy) is 1. The monoisotopic (exact) mass is 334 g/mol. The SMILES string of the molecule is CCn1ncc(NC(=O)C2CCCCC2)c(N2CCOCC2)c1=O. The number of morpholine rings is 1. The van der Waals surface area contributed by atoms with Gasteiger partial charge in [0, 0.05) is 25.6 Å². The van der Waals surface area contributed by atoms with Crippen LogP contribution in [0.5, 0.6) is 0 Å². The highest BCUT2D eigenvalue weighted by Crippen LogP contribution is 2.27. The molecule has 1 saturated heterocycles. The van der Waals surface area contributed by atoms with Gasteiger partial charge < -0.3 is 15.0 Å². The van der Waals surface area contributed by atoms with Crippen molar-refractivity contribution < 1.29 is 9.53 Å². The fraction of sp³-hybridized carbons (Fsp3) is 0.706. The van der Waals surface area contributed by atoms with Crippen molar-refractivity contribution in [2.75, 3.05) is 36.5 Å². The number of rotatable bonds is 4. The summed E-state index contributed by atoms with van der Waals surface area (Å²) in [6.07, 6.45) is 6.87. The number of nitrogens with one attached hydrogen (secondary N) is 1. The highest BCUT2D eigenvalue weighted by atomic mass is 16.5. The molecule has 0 spiro atoms. The Bertz CT molecular complexity index is 631. The van der Waals surface area contributed by atoms with Gasteiger partial charge in [-0.25, -0.2) is 4.68 Å². The van der Waals surface area contributed by atoms with Crippen molar-refractivity contribution in [2.24, 2.45) is 5.92 Å². The minimum absolute atomic E-state index is 0.0136. The maximum Gasteiger partial charge on any atom is 0.292 e. The predicted molar refractivity (Wildman–Crippen MR) is 92.4 cm³/mol. The topological polar surface area (TPSA) is 76.5 Å². The van der Waals surface area contributed by atoms with Gasteiger partial charge in [0.15, 0.2) is 0 Å². The highest BCUT2D eigenvalue weighted by Gasteiger charge is 2.25. The van der Waals surface area contributed by atoms with E-state index in [1.54, 1.807) is 6.20 Å². The van der Waals surface area contributed by atoms with Crippen LogP contribution in [0.4, 0.5) is 11.4 Å². The molecule has 1 N–H and O–H groups in total. The quantitative estimate of drug-likeness (QED) is 0.905. The van der Waals surface area contributed by atoms with Gasteiger partial charge in [-0.1, -0.05) is 19.3 Å². The van der Waals surface area contributed by atoms with Crippen LogP contribution in [0.15, 0.2) is 11.0 Å². The molecule has 0 aromatic carbocycles. The Morgan fingerprint density at radius 2 is 2.00 bits per heavy atom. The summed E-state index contributed by atoms with van der Waals surface area (Å²) in [5, 5.41) is 7.15. The van der Waals surface area contributed by atoms with Gasteiger partial charge >= 0.3 is 0 Å². The van der Waals surface area contributed by atoms with Gasteiger partial charge in [0.1, 0.15) is 5.69 Å². The Kier molecular flexibility index (Phi) is 5.50. The van der Waals surface area contributed by atoms with Crippen molar-refractivity contribution in [2.45, 2.75) is 45.6 Å². The third-order valence-corrected chi connectivity index (χ3v) is 4.88. The normalized spacial score (nSPS) is 19.3. The minimum Gasteiger partial charge on any atom is -0.378 e. The van der Waals surface area contributed by atoms with Gasteiger partial charge in [0.05, 0.1) is 25.1 Å². The lowest BCUT2D eigenvalue weighted by atomic mass is 9.88. The fourth-order valence-corrected chi connectivity index (χ4v) is 3.49. The minimum atomic E-state index is -0.152. The number of anilines is 2. The zero-order chi connectivity index (χ0) is 16.9. The molecule has 0 unspecified atom stereocenters. The number of hydrogen-bond donors (Lipinski definition) is 1. The Morgan fingerprint density at radius 3 is 2.67 bits per heavy atom. The molecular formula is C17H26N4O3. The molecule has 7 heteroatoms. The lowest BCUT2D eigenvalue weighted by molar-refractivity contribution is -0.120. The molecule has 2 aliphatic rings. The van der Waals surface area contributed by atoms with E-state index in [1.807, 2.05) is 11.8 Å². The zero-order valence-electron chi connectivity index (χ0n) is 14.3. The Balaban J connectivity index is 1.87. The highest BCUT2D eigenvalue weighted by molar-refractivity contribution is 5.95. The molecular weight excluding hydrogens is 308 g/mol. The summed E-state index contributed by atoms with van der Waals surface area (Å²) in [4.78, 5) is 27.3. The number of aryl methyl sites for hydroxylation is 1. The van der Waals surface area contributed by atoms with Crippen LogP contribution in [-0.2, 0) is 16.1 Å². The summed E-state index contributed by atoms with van der Waals surface area (Å²) in [6.45, 7) is 4.86. The first kappa shape index (κ1) is 17.0. The first-order chi connectivity index (χ1) is 11.7. The average Bonchev–Trinajstić information content (AvgIpc) is 2.63. The second-order valence-electron chi connectivity index (χ2n) is 6.45. The molecule has 1 aliphatic carbocycles. The van der Waals surface area contributed by atoms with Crippen LogP contribution in [0.25, 0.3) is 0 Å². The first-order valence-electron chi connectivity index (χ1n) is 8.94. The molecule has 1 aromatic heterocycles. The molecule has 0 bridgehead atoms. The average molecular weight is 334 g/mol. The lowest BCUT2D eigenvalue weighted by Crippen LogP contribution is -2.42. The molecule has 1 aliphatic heterocycles. The molecule has 0 atom stereocenters. The number of nitrogens with zero attached hydrogens (tertiary/aromatic N) is 3. The number of aromatic nitrogens is 2. The smallest absolute Gasteiger partial charge is 0.292 e. The number of amides is 1. The first-order valence-corrected chi connectivity index (χ1v) is 8.94. The molecule has 7 nitrogen and oxygen atoms in total. The van der Waals surface area contributed by atoms with E-state index >= 15 is 0 Å². The summed E-state index contributed by atoms with van der Waals surface area (Å²) < 4.78 is 6.81. The van der Waals surface area contributed by atoms with E-state index in [1.165, 1.54) is 11.1 Å².